The molecule has 0 amide bonds. The van der Waals surface area contributed by atoms with Crippen LogP contribution < -0.4 is 5.32 Å². The van der Waals surface area contributed by atoms with Gasteiger partial charge in [0.25, 0.3) is 0 Å². The van der Waals surface area contributed by atoms with Crippen molar-refractivity contribution in [3.05, 3.63) is 0 Å². The van der Waals surface area contributed by atoms with Gasteiger partial charge < -0.3 is 10.2 Å². The highest BCUT2D eigenvalue weighted by Crippen LogP contribution is 2.34. The van der Waals surface area contributed by atoms with Crippen LogP contribution in [0.1, 0.15) is 39.5 Å². The molecule has 0 bridgehead atoms. The van der Waals surface area contributed by atoms with Crippen molar-refractivity contribution < 1.29 is 0 Å². The Morgan fingerprint density at radius 3 is 2.13 bits per heavy atom. The Hall–Kier alpha value is -0.0800. The predicted octanol–water partition coefficient (Wildman–Crippen LogP) is 2.35. The Balaban J connectivity index is 2.16. The maximum Gasteiger partial charge on any atom is 0.0242 e. The van der Waals surface area contributed by atoms with E-state index in [9.17, 15) is 0 Å². The Morgan fingerprint density at radius 1 is 1.13 bits per heavy atom. The molecule has 1 N–H and O–H groups in total. The molecule has 2 heteroatoms. The average molecular weight is 212 g/mol. The highest BCUT2D eigenvalue weighted by atomic mass is 15.1. The van der Waals surface area contributed by atoms with E-state index in [0.29, 0.717) is 0 Å². The van der Waals surface area contributed by atoms with Crippen LogP contribution in [-0.4, -0.2) is 38.1 Å². The minimum absolute atomic E-state index is 0.763. The van der Waals surface area contributed by atoms with Crippen LogP contribution in [-0.2, 0) is 0 Å². The summed E-state index contributed by atoms with van der Waals surface area (Å²) in [7, 11) is 4.42. The molecule has 0 heterocycles. The van der Waals surface area contributed by atoms with Crippen molar-refractivity contribution >= 4 is 0 Å². The van der Waals surface area contributed by atoms with Crippen molar-refractivity contribution in [2.24, 2.45) is 11.8 Å². The lowest BCUT2D eigenvalue weighted by Gasteiger charge is -2.25. The summed E-state index contributed by atoms with van der Waals surface area (Å²) in [5, 5.41) is 3.65. The van der Waals surface area contributed by atoms with Crippen molar-refractivity contribution in [1.29, 1.82) is 0 Å². The molecule has 0 saturated heterocycles. The van der Waals surface area contributed by atoms with Gasteiger partial charge in [0.05, 0.1) is 0 Å². The maximum atomic E-state index is 3.65. The number of hydrogen-bond acceptors (Lipinski definition) is 2. The summed E-state index contributed by atoms with van der Waals surface area (Å²) in [5.74, 6) is 1.83. The summed E-state index contributed by atoms with van der Waals surface area (Å²) in [6.07, 6.45) is 5.49. The highest BCUT2D eigenvalue weighted by molar-refractivity contribution is 4.87. The first-order valence-electron chi connectivity index (χ1n) is 6.56. The lowest BCUT2D eigenvalue weighted by molar-refractivity contribution is 0.251. The Morgan fingerprint density at radius 2 is 1.73 bits per heavy atom. The summed E-state index contributed by atoms with van der Waals surface area (Å²) in [5.41, 5.74) is 0. The standard InChI is InChI=1S/C13H28N2/c1-5-11(6-2)9-14-10-13(15(3)4)12-7-8-12/h11-14H,5-10H2,1-4H3. The van der Waals surface area contributed by atoms with Crippen LogP contribution in [0.25, 0.3) is 0 Å². The third kappa shape index (κ3) is 4.52. The second-order valence-corrected chi connectivity index (χ2v) is 5.21. The summed E-state index contributed by atoms with van der Waals surface area (Å²) in [4.78, 5) is 2.39. The molecule has 1 aliphatic rings. The van der Waals surface area contributed by atoms with Gasteiger partial charge in [-0.25, -0.2) is 0 Å². The molecule has 0 radical (unpaired) electrons. The summed E-state index contributed by atoms with van der Waals surface area (Å²) in [6, 6.07) is 0.763. The molecule has 1 atom stereocenters. The quantitative estimate of drug-likeness (QED) is 0.664. The lowest BCUT2D eigenvalue weighted by Crippen LogP contribution is -2.40. The van der Waals surface area contributed by atoms with Gasteiger partial charge in [-0.05, 0) is 45.3 Å². The molecule has 1 saturated carbocycles. The van der Waals surface area contributed by atoms with Gasteiger partial charge in [-0.15, -0.1) is 0 Å². The van der Waals surface area contributed by atoms with Crippen LogP contribution in [0.15, 0.2) is 0 Å². The van der Waals surface area contributed by atoms with E-state index in [4.69, 9.17) is 0 Å². The van der Waals surface area contributed by atoms with E-state index in [1.54, 1.807) is 0 Å². The molecular weight excluding hydrogens is 184 g/mol. The summed E-state index contributed by atoms with van der Waals surface area (Å²) < 4.78 is 0. The second kappa shape index (κ2) is 6.49. The smallest absolute Gasteiger partial charge is 0.0242 e. The van der Waals surface area contributed by atoms with Gasteiger partial charge in [0, 0.05) is 12.6 Å². The number of likely N-dealkylation sites (N-methyl/N-ethyl adjacent to an activating group) is 1. The molecule has 90 valence electrons. The minimum Gasteiger partial charge on any atom is -0.315 e. The van der Waals surface area contributed by atoms with Crippen molar-refractivity contribution in [2.45, 2.75) is 45.6 Å². The molecule has 0 aromatic heterocycles. The third-order valence-electron chi connectivity index (χ3n) is 3.77. The maximum absolute atomic E-state index is 3.65. The average Bonchev–Trinajstić information content (AvgIpc) is 3.01. The molecular formula is C13H28N2. The molecule has 0 aromatic rings. The first kappa shape index (κ1) is 13.0. The Bertz CT molecular complexity index is 158. The van der Waals surface area contributed by atoms with Gasteiger partial charge >= 0.3 is 0 Å². The van der Waals surface area contributed by atoms with Crippen molar-refractivity contribution in [3.8, 4) is 0 Å². The van der Waals surface area contributed by atoms with Crippen molar-refractivity contribution in [1.82, 2.24) is 10.2 Å². The Kier molecular flexibility index (Phi) is 5.62. The monoisotopic (exact) mass is 212 g/mol. The molecule has 1 aliphatic carbocycles. The fourth-order valence-corrected chi connectivity index (χ4v) is 2.26. The van der Waals surface area contributed by atoms with Crippen molar-refractivity contribution in [3.63, 3.8) is 0 Å². The lowest BCUT2D eigenvalue weighted by atomic mass is 10.0. The number of rotatable bonds is 8. The molecule has 0 spiro atoms. The van der Waals surface area contributed by atoms with E-state index in [1.807, 2.05) is 0 Å². The molecule has 1 fully saturated rings. The zero-order valence-electron chi connectivity index (χ0n) is 10.9. The highest BCUT2D eigenvalue weighted by Gasteiger charge is 2.32. The van der Waals surface area contributed by atoms with E-state index in [1.165, 1.54) is 38.8 Å². The molecule has 15 heavy (non-hydrogen) atoms. The van der Waals surface area contributed by atoms with E-state index in [-0.39, 0.29) is 0 Å². The zero-order chi connectivity index (χ0) is 11.3. The first-order chi connectivity index (χ1) is 7.19. The van der Waals surface area contributed by atoms with Crippen LogP contribution >= 0.6 is 0 Å². The predicted molar refractivity (Wildman–Crippen MR) is 67.1 cm³/mol. The normalized spacial score (nSPS) is 18.8. The van der Waals surface area contributed by atoms with Gasteiger partial charge in [-0.2, -0.15) is 0 Å². The third-order valence-corrected chi connectivity index (χ3v) is 3.77. The summed E-state index contributed by atoms with van der Waals surface area (Å²) >= 11 is 0. The van der Waals surface area contributed by atoms with E-state index < -0.39 is 0 Å². The molecule has 1 rings (SSSR count). The second-order valence-electron chi connectivity index (χ2n) is 5.21. The molecule has 0 aromatic carbocycles. The van der Waals surface area contributed by atoms with Gasteiger partial charge in [-0.3, -0.25) is 0 Å². The minimum atomic E-state index is 0.763. The first-order valence-corrected chi connectivity index (χ1v) is 6.56. The van der Waals surface area contributed by atoms with Crippen LogP contribution in [0, 0.1) is 11.8 Å². The fourth-order valence-electron chi connectivity index (χ4n) is 2.26. The number of hydrogen-bond donors (Lipinski definition) is 1. The van der Waals surface area contributed by atoms with Crippen LogP contribution in [0.3, 0.4) is 0 Å². The Labute approximate surface area is 95.4 Å². The van der Waals surface area contributed by atoms with E-state index in [0.717, 1.165) is 17.9 Å². The van der Waals surface area contributed by atoms with E-state index in [2.05, 4.69) is 38.2 Å². The topological polar surface area (TPSA) is 15.3 Å². The van der Waals surface area contributed by atoms with Crippen LogP contribution in [0.5, 0.6) is 0 Å². The van der Waals surface area contributed by atoms with E-state index >= 15 is 0 Å². The molecule has 2 nitrogen and oxygen atoms in total. The number of nitrogens with zero attached hydrogens (tertiary/aromatic N) is 1. The molecule has 0 aliphatic heterocycles. The van der Waals surface area contributed by atoms with Gasteiger partial charge in [-0.1, -0.05) is 26.7 Å². The largest absolute Gasteiger partial charge is 0.315 e. The zero-order valence-corrected chi connectivity index (χ0v) is 10.9. The van der Waals surface area contributed by atoms with Gasteiger partial charge in [0.2, 0.25) is 0 Å². The fraction of sp³-hybridized carbons (Fsp3) is 1.00. The van der Waals surface area contributed by atoms with Gasteiger partial charge in [0.1, 0.15) is 0 Å². The summed E-state index contributed by atoms with van der Waals surface area (Å²) in [6.45, 7) is 6.96. The van der Waals surface area contributed by atoms with Crippen molar-refractivity contribution in [2.75, 3.05) is 27.2 Å². The van der Waals surface area contributed by atoms with Gasteiger partial charge in [0.15, 0.2) is 0 Å². The molecule has 1 unspecified atom stereocenters. The van der Waals surface area contributed by atoms with Crippen LogP contribution in [0.4, 0.5) is 0 Å². The van der Waals surface area contributed by atoms with Crippen LogP contribution in [0.2, 0.25) is 0 Å². The number of nitrogens with one attached hydrogen (secondary N) is 1. The SMILES string of the molecule is CCC(CC)CNCC(C1CC1)N(C)C.